The second kappa shape index (κ2) is 13.1. The molecule has 0 radical (unpaired) electrons. The van der Waals surface area contributed by atoms with Crippen molar-refractivity contribution in [1.82, 2.24) is 9.80 Å². The molecule has 1 rings (SSSR count). The smallest absolute Gasteiger partial charge is 0.245 e. The van der Waals surface area contributed by atoms with Crippen molar-refractivity contribution in [2.24, 2.45) is 9.98 Å². The van der Waals surface area contributed by atoms with Crippen LogP contribution in [0.3, 0.4) is 0 Å². The molecule has 130 valence electrons. The van der Waals surface area contributed by atoms with Gasteiger partial charge in [-0.05, 0) is 31.3 Å². The lowest BCUT2D eigenvalue weighted by Crippen LogP contribution is -2.32. The summed E-state index contributed by atoms with van der Waals surface area (Å²) in [6.07, 6.45) is 9.55. The third-order valence-corrected chi connectivity index (χ3v) is 3.22. The number of hydrogen-bond acceptors (Lipinski definition) is 3. The fourth-order valence-corrected chi connectivity index (χ4v) is 2.04. The zero-order valence-electron chi connectivity index (χ0n) is 13.7. The van der Waals surface area contributed by atoms with E-state index in [9.17, 15) is 9.18 Å². The Hall–Kier alpha value is -2.39. The minimum absolute atomic E-state index is 0.0254. The van der Waals surface area contributed by atoms with Crippen molar-refractivity contribution in [1.29, 1.82) is 0 Å². The van der Waals surface area contributed by atoms with Crippen LogP contribution < -0.4 is 0 Å². The number of carbonyl (C=O) groups is 1. The number of benzene rings is 1. The quantitative estimate of drug-likeness (QED) is 0.225. The molecule has 5 nitrogen and oxygen atoms in total. The van der Waals surface area contributed by atoms with E-state index in [1.807, 2.05) is 6.92 Å². The van der Waals surface area contributed by atoms with Crippen molar-refractivity contribution in [2.75, 3.05) is 25.8 Å². The molecule has 0 N–H and O–H groups in total. The minimum atomic E-state index is -0.280. The SMILES string of the molecule is C#C.C=NCN(C=NCC(=O)N(CC)CCl)Cc1ccc(F)cc1. The number of alkyl halides is 1. The van der Waals surface area contributed by atoms with Gasteiger partial charge in [0.2, 0.25) is 5.91 Å². The molecule has 0 heterocycles. The molecule has 0 atom stereocenters. The number of halogens is 2. The van der Waals surface area contributed by atoms with Crippen LogP contribution >= 0.6 is 11.6 Å². The van der Waals surface area contributed by atoms with E-state index in [0.717, 1.165) is 5.56 Å². The third-order valence-electron chi connectivity index (χ3n) is 2.93. The molecular formula is C17H22ClFN4O. The first-order valence-electron chi connectivity index (χ1n) is 7.18. The Morgan fingerprint density at radius 2 is 2.00 bits per heavy atom. The van der Waals surface area contributed by atoms with Crippen LogP contribution in [0.4, 0.5) is 4.39 Å². The highest BCUT2D eigenvalue weighted by atomic mass is 35.5. The average Bonchev–Trinajstić information content (AvgIpc) is 2.60. The molecule has 1 aromatic carbocycles. The molecule has 0 unspecified atom stereocenters. The standard InChI is InChI=1S/C15H20ClFN4O.C2H2/c1-3-21(10-16)15(22)8-19-12-20(11-18-2)9-13-4-6-14(17)7-5-13;1-2/h4-7,12H,2-3,8-11H2,1H3;1-2H. The van der Waals surface area contributed by atoms with Crippen molar-refractivity contribution in [2.45, 2.75) is 13.5 Å². The number of carbonyl (C=O) groups excluding carboxylic acids is 1. The summed E-state index contributed by atoms with van der Waals surface area (Å²) in [6.45, 7) is 6.71. The molecule has 0 fully saturated rings. The van der Waals surface area contributed by atoms with Crippen LogP contribution in [0.2, 0.25) is 0 Å². The van der Waals surface area contributed by atoms with Crippen LogP contribution in [0.5, 0.6) is 0 Å². The first kappa shape index (κ1) is 21.6. The van der Waals surface area contributed by atoms with Gasteiger partial charge < -0.3 is 9.80 Å². The molecule has 0 aliphatic rings. The van der Waals surface area contributed by atoms with Crippen LogP contribution in [-0.2, 0) is 11.3 Å². The van der Waals surface area contributed by atoms with E-state index in [-0.39, 0.29) is 24.3 Å². The first-order chi connectivity index (χ1) is 11.6. The van der Waals surface area contributed by atoms with Gasteiger partial charge in [-0.25, -0.2) is 4.39 Å². The van der Waals surface area contributed by atoms with E-state index in [1.165, 1.54) is 17.0 Å². The number of aliphatic imine (C=N–C) groups is 2. The van der Waals surface area contributed by atoms with E-state index in [0.29, 0.717) is 19.8 Å². The van der Waals surface area contributed by atoms with Crippen molar-refractivity contribution >= 4 is 30.6 Å². The first-order valence-corrected chi connectivity index (χ1v) is 7.72. The molecule has 0 spiro atoms. The Morgan fingerprint density at radius 1 is 1.38 bits per heavy atom. The number of nitrogens with zero attached hydrogens (tertiary/aromatic N) is 4. The molecule has 0 saturated carbocycles. The Kier molecular flexibility index (Phi) is 11.8. The molecular weight excluding hydrogens is 331 g/mol. The number of hydrogen-bond donors (Lipinski definition) is 0. The molecule has 0 aliphatic carbocycles. The molecule has 0 aliphatic heterocycles. The van der Waals surface area contributed by atoms with Crippen LogP contribution in [0, 0.1) is 18.7 Å². The number of terminal acetylenes is 1. The maximum atomic E-state index is 12.9. The second-order valence-electron chi connectivity index (χ2n) is 4.56. The molecule has 0 saturated heterocycles. The van der Waals surface area contributed by atoms with E-state index in [2.05, 4.69) is 29.5 Å². The Balaban J connectivity index is 0.00000254. The largest absolute Gasteiger partial charge is 0.339 e. The van der Waals surface area contributed by atoms with Crippen molar-refractivity contribution in [3.05, 3.63) is 35.6 Å². The number of rotatable bonds is 9. The maximum Gasteiger partial charge on any atom is 0.245 e. The van der Waals surface area contributed by atoms with Gasteiger partial charge in [0.15, 0.2) is 0 Å². The highest BCUT2D eigenvalue weighted by Gasteiger charge is 2.08. The predicted molar refractivity (Wildman–Crippen MR) is 97.7 cm³/mol. The van der Waals surface area contributed by atoms with Gasteiger partial charge in [0.05, 0.1) is 12.3 Å². The Bertz CT molecular complexity index is 541. The summed E-state index contributed by atoms with van der Waals surface area (Å²) in [4.78, 5) is 23.0. The van der Waals surface area contributed by atoms with Gasteiger partial charge in [-0.2, -0.15) is 0 Å². The molecule has 7 heteroatoms. The van der Waals surface area contributed by atoms with Crippen molar-refractivity contribution in [3.8, 4) is 12.8 Å². The van der Waals surface area contributed by atoms with Crippen LogP contribution in [-0.4, -0.2) is 54.5 Å². The van der Waals surface area contributed by atoms with Crippen LogP contribution in [0.15, 0.2) is 34.3 Å². The number of likely N-dealkylation sites (N-methyl/N-ethyl adjacent to an activating group) is 1. The highest BCUT2D eigenvalue weighted by molar-refractivity contribution is 6.18. The molecule has 24 heavy (non-hydrogen) atoms. The summed E-state index contributed by atoms with van der Waals surface area (Å²) < 4.78 is 12.9. The summed E-state index contributed by atoms with van der Waals surface area (Å²) in [7, 11) is 0. The summed E-state index contributed by atoms with van der Waals surface area (Å²) in [5, 5.41) is 0. The monoisotopic (exact) mass is 352 g/mol. The Morgan fingerprint density at radius 3 is 2.50 bits per heavy atom. The third kappa shape index (κ3) is 8.30. The molecule has 1 amide bonds. The van der Waals surface area contributed by atoms with E-state index < -0.39 is 0 Å². The van der Waals surface area contributed by atoms with Crippen molar-refractivity contribution in [3.63, 3.8) is 0 Å². The van der Waals surface area contributed by atoms with Gasteiger partial charge in [0.1, 0.15) is 19.0 Å². The van der Waals surface area contributed by atoms with E-state index >= 15 is 0 Å². The zero-order chi connectivity index (χ0) is 18.4. The van der Waals surface area contributed by atoms with Gasteiger partial charge in [0.25, 0.3) is 0 Å². The zero-order valence-corrected chi connectivity index (χ0v) is 14.5. The fourth-order valence-electron chi connectivity index (χ4n) is 1.74. The van der Waals surface area contributed by atoms with Gasteiger partial charge in [0, 0.05) is 13.1 Å². The molecule has 0 bridgehead atoms. The lowest BCUT2D eigenvalue weighted by atomic mass is 10.2. The van der Waals surface area contributed by atoms with Gasteiger partial charge in [-0.1, -0.05) is 12.1 Å². The fraction of sp³-hybridized carbons (Fsp3) is 0.353. The lowest BCUT2D eigenvalue weighted by Gasteiger charge is -2.18. The highest BCUT2D eigenvalue weighted by Crippen LogP contribution is 2.05. The summed E-state index contributed by atoms with van der Waals surface area (Å²) in [5.41, 5.74) is 0.916. The van der Waals surface area contributed by atoms with Gasteiger partial charge >= 0.3 is 0 Å². The van der Waals surface area contributed by atoms with E-state index in [4.69, 9.17) is 11.6 Å². The summed E-state index contributed by atoms with van der Waals surface area (Å²) in [6, 6.07) is 6.33. The number of amides is 1. The molecule has 1 aromatic rings. The Labute approximate surface area is 147 Å². The van der Waals surface area contributed by atoms with Crippen molar-refractivity contribution < 1.29 is 9.18 Å². The predicted octanol–water partition coefficient (Wildman–Crippen LogP) is 2.61. The normalized spacial score (nSPS) is 9.88. The summed E-state index contributed by atoms with van der Waals surface area (Å²) >= 11 is 5.66. The average molecular weight is 353 g/mol. The maximum absolute atomic E-state index is 12.9. The minimum Gasteiger partial charge on any atom is -0.339 e. The second-order valence-corrected chi connectivity index (χ2v) is 4.80. The van der Waals surface area contributed by atoms with Crippen LogP contribution in [0.25, 0.3) is 0 Å². The van der Waals surface area contributed by atoms with Gasteiger partial charge in [-0.3, -0.25) is 14.8 Å². The summed E-state index contributed by atoms with van der Waals surface area (Å²) in [5.74, 6) is -0.417. The van der Waals surface area contributed by atoms with Crippen LogP contribution in [0.1, 0.15) is 12.5 Å². The lowest BCUT2D eigenvalue weighted by molar-refractivity contribution is -0.128. The topological polar surface area (TPSA) is 48.3 Å². The van der Waals surface area contributed by atoms with E-state index in [1.54, 1.807) is 23.4 Å². The van der Waals surface area contributed by atoms with Gasteiger partial charge in [-0.15, -0.1) is 24.4 Å². The molecule has 0 aromatic heterocycles.